The predicted octanol–water partition coefficient (Wildman–Crippen LogP) is 0.722. The molecule has 0 atom stereocenters. The molecule has 1 aromatic carbocycles. The molecule has 29 heavy (non-hydrogen) atoms. The molecule has 3 heterocycles. The third-order valence-corrected chi connectivity index (χ3v) is 5.06. The maximum absolute atomic E-state index is 13.2. The molecule has 9 nitrogen and oxygen atoms in total. The number of aromatic nitrogens is 4. The number of phenolic OH excluding ortho intramolecular Hbond substituents is 1. The Morgan fingerprint density at radius 1 is 1.31 bits per heavy atom. The highest BCUT2D eigenvalue weighted by Gasteiger charge is 2.23. The Balaban J connectivity index is 1.76. The Bertz CT molecular complexity index is 1140. The van der Waals surface area contributed by atoms with Crippen molar-refractivity contribution < 1.29 is 9.84 Å². The Morgan fingerprint density at radius 2 is 2.10 bits per heavy atom. The molecule has 2 aromatic heterocycles. The molecule has 1 saturated heterocycles. The van der Waals surface area contributed by atoms with E-state index in [1.165, 1.54) is 4.68 Å². The van der Waals surface area contributed by atoms with Crippen LogP contribution in [0.2, 0.25) is 0 Å². The van der Waals surface area contributed by atoms with Crippen molar-refractivity contribution >= 4 is 17.1 Å². The van der Waals surface area contributed by atoms with Crippen LogP contribution in [0.15, 0.2) is 23.0 Å². The van der Waals surface area contributed by atoms with Gasteiger partial charge in [0.1, 0.15) is 11.5 Å². The molecule has 0 unspecified atom stereocenters. The van der Waals surface area contributed by atoms with Crippen LogP contribution in [0, 0.1) is 11.8 Å². The Morgan fingerprint density at radius 3 is 2.83 bits per heavy atom. The highest BCUT2D eigenvalue weighted by atomic mass is 16.5. The van der Waals surface area contributed by atoms with E-state index in [2.05, 4.69) is 27.2 Å². The minimum absolute atomic E-state index is 0.103. The van der Waals surface area contributed by atoms with Crippen molar-refractivity contribution in [3.63, 3.8) is 0 Å². The lowest BCUT2D eigenvalue weighted by Gasteiger charge is -2.28. The van der Waals surface area contributed by atoms with Crippen LogP contribution in [0.4, 0.5) is 5.95 Å². The van der Waals surface area contributed by atoms with E-state index in [0.717, 1.165) is 32.1 Å². The van der Waals surface area contributed by atoms with Crippen LogP contribution in [0.3, 0.4) is 0 Å². The molecular formula is C20H24N6O3. The predicted molar refractivity (Wildman–Crippen MR) is 111 cm³/mol. The Hall–Kier alpha value is -3.38. The van der Waals surface area contributed by atoms with Crippen LogP contribution >= 0.6 is 0 Å². The van der Waals surface area contributed by atoms with Crippen LogP contribution in [-0.2, 0) is 13.1 Å². The van der Waals surface area contributed by atoms with Gasteiger partial charge < -0.3 is 20.1 Å². The number of H-pyrrole nitrogens is 1. The van der Waals surface area contributed by atoms with Crippen LogP contribution in [-0.4, -0.2) is 57.7 Å². The van der Waals surface area contributed by atoms with Crippen LogP contribution in [0.1, 0.15) is 12.5 Å². The number of imidazole rings is 1. The summed E-state index contributed by atoms with van der Waals surface area (Å²) < 4.78 is 8.54. The van der Waals surface area contributed by atoms with Crippen LogP contribution in [0.25, 0.3) is 11.2 Å². The second kappa shape index (κ2) is 7.93. The summed E-state index contributed by atoms with van der Waals surface area (Å²) in [7, 11) is 1.56. The van der Waals surface area contributed by atoms with Gasteiger partial charge in [-0.15, -0.1) is 5.92 Å². The van der Waals surface area contributed by atoms with Gasteiger partial charge >= 0.3 is 0 Å². The van der Waals surface area contributed by atoms with Crippen molar-refractivity contribution in [1.82, 2.24) is 24.6 Å². The van der Waals surface area contributed by atoms with E-state index < -0.39 is 0 Å². The summed E-state index contributed by atoms with van der Waals surface area (Å²) in [5.41, 5.74) is 1.39. The molecule has 9 heteroatoms. The average Bonchev–Trinajstić information content (AvgIpc) is 3.25. The van der Waals surface area contributed by atoms with Gasteiger partial charge in [-0.05, 0) is 25.1 Å². The number of nitrogens with zero attached hydrogens (tertiary/aromatic N) is 4. The lowest BCUT2D eigenvalue weighted by atomic mass is 10.2. The number of rotatable bonds is 5. The molecule has 1 aliphatic heterocycles. The summed E-state index contributed by atoms with van der Waals surface area (Å²) in [6, 6.07) is 4.94. The molecule has 0 amide bonds. The summed E-state index contributed by atoms with van der Waals surface area (Å²) in [6.45, 7) is 5.75. The molecule has 0 bridgehead atoms. The van der Waals surface area contributed by atoms with Gasteiger partial charge in [-0.1, -0.05) is 5.92 Å². The molecule has 3 aromatic rings. The highest BCUT2D eigenvalue weighted by molar-refractivity contribution is 5.74. The van der Waals surface area contributed by atoms with Crippen molar-refractivity contribution in [3.05, 3.63) is 34.1 Å². The Labute approximate surface area is 167 Å². The summed E-state index contributed by atoms with van der Waals surface area (Å²) in [4.78, 5) is 20.0. The third kappa shape index (κ3) is 3.54. The van der Waals surface area contributed by atoms with Crippen LogP contribution < -0.4 is 20.5 Å². The third-order valence-electron chi connectivity index (χ3n) is 5.06. The number of hydrogen-bond acceptors (Lipinski definition) is 6. The first-order valence-corrected chi connectivity index (χ1v) is 9.52. The minimum atomic E-state index is -0.200. The van der Waals surface area contributed by atoms with Gasteiger partial charge in [-0.3, -0.25) is 14.5 Å². The number of benzene rings is 1. The molecule has 1 aliphatic rings. The van der Waals surface area contributed by atoms with Gasteiger partial charge in [0.2, 0.25) is 5.95 Å². The maximum Gasteiger partial charge on any atom is 0.293 e. The molecule has 1 fully saturated rings. The molecule has 152 valence electrons. The standard InChI is InChI=1S/C20H24N6O3/c1-3-4-9-25-17-18(22-20(25)24-10-7-21-8-11-24)23-26(19(17)28)13-14-12-15(29-2)5-6-16(14)27/h5-6,12,21,23,27H,7-11,13H2,1-2H3. The van der Waals surface area contributed by atoms with E-state index in [-0.39, 0.29) is 17.9 Å². The summed E-state index contributed by atoms with van der Waals surface area (Å²) >= 11 is 0. The van der Waals surface area contributed by atoms with E-state index in [1.54, 1.807) is 32.2 Å². The minimum Gasteiger partial charge on any atom is -0.508 e. The quantitative estimate of drug-likeness (QED) is 0.550. The molecule has 0 aliphatic carbocycles. The second-order valence-corrected chi connectivity index (χ2v) is 6.86. The number of aromatic hydroxyl groups is 1. The second-order valence-electron chi connectivity index (χ2n) is 6.86. The number of phenols is 1. The molecule has 0 radical (unpaired) electrons. The summed E-state index contributed by atoms with van der Waals surface area (Å²) in [5, 5.41) is 16.6. The van der Waals surface area contributed by atoms with E-state index in [0.29, 0.717) is 29.0 Å². The highest BCUT2D eigenvalue weighted by Crippen LogP contribution is 2.24. The van der Waals surface area contributed by atoms with Crippen molar-refractivity contribution in [2.75, 3.05) is 38.2 Å². The molecular weight excluding hydrogens is 372 g/mol. The number of aromatic amines is 1. The first-order chi connectivity index (χ1) is 14.1. The van der Waals surface area contributed by atoms with E-state index in [1.807, 2.05) is 4.57 Å². The fourth-order valence-corrected chi connectivity index (χ4v) is 3.55. The zero-order valence-electron chi connectivity index (χ0n) is 16.5. The van der Waals surface area contributed by atoms with E-state index >= 15 is 0 Å². The fourth-order valence-electron chi connectivity index (χ4n) is 3.55. The smallest absolute Gasteiger partial charge is 0.293 e. The molecule has 4 rings (SSSR count). The summed E-state index contributed by atoms with van der Waals surface area (Å²) in [6.07, 6.45) is 0. The number of anilines is 1. The first kappa shape index (κ1) is 19.0. The molecule has 0 spiro atoms. The van der Waals surface area contributed by atoms with Gasteiger partial charge in [-0.2, -0.15) is 4.98 Å². The van der Waals surface area contributed by atoms with Crippen molar-refractivity contribution in [2.24, 2.45) is 0 Å². The SMILES string of the molecule is CC#CCn1c(N2CCNCC2)nc2[nH]n(Cc3cc(OC)ccc3O)c(=O)c21. The number of fused-ring (bicyclic) bond motifs is 1. The van der Waals surface area contributed by atoms with Gasteiger partial charge in [-0.25, -0.2) is 4.68 Å². The van der Waals surface area contributed by atoms with E-state index in [9.17, 15) is 9.90 Å². The van der Waals surface area contributed by atoms with Crippen molar-refractivity contribution in [1.29, 1.82) is 0 Å². The van der Waals surface area contributed by atoms with Gasteiger partial charge in [0.15, 0.2) is 11.2 Å². The number of methoxy groups -OCH3 is 1. The fraction of sp³-hybridized carbons (Fsp3) is 0.400. The van der Waals surface area contributed by atoms with E-state index in [4.69, 9.17) is 9.72 Å². The lowest BCUT2D eigenvalue weighted by molar-refractivity contribution is 0.410. The lowest BCUT2D eigenvalue weighted by Crippen LogP contribution is -2.44. The van der Waals surface area contributed by atoms with Gasteiger partial charge in [0.05, 0.1) is 20.2 Å². The topological polar surface area (TPSA) is 100 Å². The number of nitrogens with one attached hydrogen (secondary N) is 2. The van der Waals surface area contributed by atoms with Gasteiger partial charge in [0, 0.05) is 31.7 Å². The zero-order valence-corrected chi connectivity index (χ0v) is 16.5. The zero-order chi connectivity index (χ0) is 20.4. The molecule has 0 saturated carbocycles. The Kier molecular flexibility index (Phi) is 5.18. The maximum atomic E-state index is 13.2. The monoisotopic (exact) mass is 396 g/mol. The van der Waals surface area contributed by atoms with Crippen molar-refractivity contribution in [2.45, 2.75) is 20.0 Å². The normalized spacial score (nSPS) is 14.1. The molecule has 3 N–H and O–H groups in total. The largest absolute Gasteiger partial charge is 0.508 e. The van der Waals surface area contributed by atoms with Crippen LogP contribution in [0.5, 0.6) is 11.5 Å². The van der Waals surface area contributed by atoms with Gasteiger partial charge in [0.25, 0.3) is 5.56 Å². The number of ether oxygens (including phenoxy) is 1. The first-order valence-electron chi connectivity index (χ1n) is 9.52. The summed E-state index contributed by atoms with van der Waals surface area (Å²) in [5.74, 6) is 7.41. The van der Waals surface area contributed by atoms with Crippen molar-refractivity contribution in [3.8, 4) is 23.3 Å². The number of hydrogen-bond donors (Lipinski definition) is 3. The number of piperazine rings is 1. The average molecular weight is 396 g/mol.